The molecule has 60 heavy (non-hydrogen) atoms. The number of rotatable bonds is 12. The van der Waals surface area contributed by atoms with E-state index in [1.165, 1.54) is 20.1 Å². The minimum absolute atomic E-state index is 0.0989. The second-order valence-corrected chi connectivity index (χ2v) is 18.5. The number of hydrogen-bond donors (Lipinski definition) is 1. The van der Waals surface area contributed by atoms with Crippen LogP contribution >= 0.6 is 11.3 Å². The fourth-order valence-corrected chi connectivity index (χ4v) is 10.3. The quantitative estimate of drug-likeness (QED) is 0.172. The molecule has 2 aromatic rings. The number of pyridine rings is 1. The van der Waals surface area contributed by atoms with Gasteiger partial charge in [0.1, 0.15) is 28.9 Å². The molecule has 0 aromatic carbocycles. The highest BCUT2D eigenvalue weighted by Gasteiger charge is 2.61. The zero-order chi connectivity index (χ0) is 44.3. The van der Waals surface area contributed by atoms with Gasteiger partial charge < -0.3 is 33.7 Å². The van der Waals surface area contributed by atoms with E-state index < -0.39 is 83.4 Å². The van der Waals surface area contributed by atoms with Crippen molar-refractivity contribution >= 4 is 35.0 Å². The number of ketones is 2. The normalized spacial score (nSPS) is 35.9. The standard InChI is InChI=1S/C44H65N5O10S/c1-13-33-44(14-2)37(49(42(54)59-44)19-18-48(11)24-31-23-46-39(60-31)30-16-15-17-45-22-30)27(5)34(50)25(3)21-43(8,55-12)38(28(6)35(51)29(7)40(53)57-33)58-41-36(52)32(47(9)10)20-26(4)56-41/h14-17,22-23,25-29,32-33,36-38,41,52H,2,13,18-21,24H2,1,3-12H3/t25-,26-,27+,28+,29-,32+,33-,36-,37-,38-,41+,43-,44-/m1/s1. The molecule has 0 unspecified atom stereocenters. The van der Waals surface area contributed by atoms with Crippen LogP contribution in [0.4, 0.5) is 4.79 Å². The molecule has 0 bridgehead atoms. The molecule has 16 heteroatoms. The molecule has 3 fully saturated rings. The van der Waals surface area contributed by atoms with Crippen LogP contribution < -0.4 is 0 Å². The third-order valence-corrected chi connectivity index (χ3v) is 13.8. The van der Waals surface area contributed by atoms with Crippen molar-refractivity contribution in [3.8, 4) is 10.6 Å². The molecule has 15 nitrogen and oxygen atoms in total. The van der Waals surface area contributed by atoms with Crippen molar-refractivity contribution in [2.24, 2.45) is 23.7 Å². The molecule has 0 aliphatic carbocycles. The van der Waals surface area contributed by atoms with E-state index in [0.29, 0.717) is 19.5 Å². The Labute approximate surface area is 358 Å². The lowest BCUT2D eigenvalue weighted by molar-refractivity contribution is -0.295. The largest absolute Gasteiger partial charge is 0.457 e. The van der Waals surface area contributed by atoms with Gasteiger partial charge in [-0.3, -0.25) is 29.2 Å². The number of Topliss-reactive ketones (excluding diaryl/α,β-unsaturated/α-hetero) is 2. The number of carbonyl (C=O) groups excluding carboxylic acids is 4. The Kier molecular flexibility index (Phi) is 15.5. The Hall–Kier alpha value is -3.64. The molecule has 0 spiro atoms. The van der Waals surface area contributed by atoms with Gasteiger partial charge in [-0.05, 0) is 79.4 Å². The molecular formula is C44H65N5O10S. The first-order chi connectivity index (χ1) is 28.3. The zero-order valence-corrected chi connectivity index (χ0v) is 37.8. The summed E-state index contributed by atoms with van der Waals surface area (Å²) in [5, 5.41) is 12.3. The first kappa shape index (κ1) is 47.4. The van der Waals surface area contributed by atoms with Gasteiger partial charge in [0.05, 0.1) is 23.9 Å². The molecular weight excluding hydrogens is 791 g/mol. The second-order valence-electron chi connectivity index (χ2n) is 17.4. The lowest BCUT2D eigenvalue weighted by Crippen LogP contribution is -2.60. The van der Waals surface area contributed by atoms with Crippen molar-refractivity contribution in [1.82, 2.24) is 24.7 Å². The average molecular weight is 856 g/mol. The van der Waals surface area contributed by atoms with Crippen LogP contribution in [-0.4, -0.2) is 149 Å². The first-order valence-corrected chi connectivity index (χ1v) is 21.8. The van der Waals surface area contributed by atoms with Gasteiger partial charge in [-0.1, -0.05) is 34.3 Å². The van der Waals surface area contributed by atoms with Gasteiger partial charge in [0.15, 0.2) is 17.7 Å². The van der Waals surface area contributed by atoms with Crippen molar-refractivity contribution in [2.75, 3.05) is 41.3 Å². The summed E-state index contributed by atoms with van der Waals surface area (Å²) in [4.78, 5) is 72.7. The molecule has 13 atom stereocenters. The van der Waals surface area contributed by atoms with Gasteiger partial charge in [-0.2, -0.15) is 0 Å². The van der Waals surface area contributed by atoms with Gasteiger partial charge in [0.2, 0.25) is 0 Å². The van der Waals surface area contributed by atoms with Crippen LogP contribution in [0.1, 0.15) is 72.6 Å². The minimum atomic E-state index is -1.62. The summed E-state index contributed by atoms with van der Waals surface area (Å²) in [5.41, 5.74) is -1.99. The van der Waals surface area contributed by atoms with E-state index in [0.717, 1.165) is 15.4 Å². The minimum Gasteiger partial charge on any atom is -0.457 e. The lowest BCUT2D eigenvalue weighted by atomic mass is 9.72. The monoisotopic (exact) mass is 855 g/mol. The smallest absolute Gasteiger partial charge is 0.411 e. The third kappa shape index (κ3) is 9.69. The van der Waals surface area contributed by atoms with Gasteiger partial charge in [0.25, 0.3) is 0 Å². The van der Waals surface area contributed by atoms with Crippen molar-refractivity contribution < 1.29 is 48.0 Å². The topological polar surface area (TPSA) is 170 Å². The van der Waals surface area contributed by atoms with E-state index >= 15 is 0 Å². The predicted octanol–water partition coefficient (Wildman–Crippen LogP) is 5.01. The number of hydrogen-bond acceptors (Lipinski definition) is 15. The molecule has 3 saturated heterocycles. The summed E-state index contributed by atoms with van der Waals surface area (Å²) in [6.45, 7) is 17.4. The SMILES string of the molecule is C=C[C@]12OC(=O)N(CCN(C)Cc3cnc(-c4cccnc4)s3)[C@@H]1[C@@H](C)C(=O)[C@H](C)C[C@@](C)(OC)[C@H](O[C@@H]1O[C@H](C)C[C@H](N(C)C)[C@H]1O)[C@@H](C)C(=O)[C@@H](C)C(=O)O[C@@H]2CC. The number of cyclic esters (lactones) is 1. The van der Waals surface area contributed by atoms with Crippen LogP contribution in [0, 0.1) is 23.7 Å². The Bertz CT molecular complexity index is 1830. The lowest BCUT2D eigenvalue weighted by Gasteiger charge is -2.47. The van der Waals surface area contributed by atoms with E-state index in [1.807, 2.05) is 51.3 Å². The fourth-order valence-electron chi connectivity index (χ4n) is 9.31. The van der Waals surface area contributed by atoms with Gasteiger partial charge in [0, 0.05) is 79.6 Å². The van der Waals surface area contributed by atoms with Crippen LogP contribution in [-0.2, 0) is 44.6 Å². The van der Waals surface area contributed by atoms with Gasteiger partial charge >= 0.3 is 12.1 Å². The Morgan fingerprint density at radius 2 is 1.80 bits per heavy atom. The number of carbonyl (C=O) groups is 4. The van der Waals surface area contributed by atoms with Crippen molar-refractivity contribution in [3.63, 3.8) is 0 Å². The number of thiazole rings is 1. The molecule has 3 aliphatic heterocycles. The molecule has 2 aromatic heterocycles. The fraction of sp³-hybridized carbons (Fsp3) is 0.682. The number of methoxy groups -OCH3 is 1. The molecule has 0 radical (unpaired) electrons. The maximum atomic E-state index is 14.8. The Morgan fingerprint density at radius 1 is 1.08 bits per heavy atom. The molecule has 1 amide bonds. The maximum absolute atomic E-state index is 14.8. The van der Waals surface area contributed by atoms with Crippen molar-refractivity contribution in [1.29, 1.82) is 0 Å². The van der Waals surface area contributed by atoms with E-state index in [2.05, 4.69) is 21.4 Å². The Balaban J connectivity index is 1.48. The van der Waals surface area contributed by atoms with E-state index in [-0.39, 0.29) is 37.3 Å². The average Bonchev–Trinajstić information content (AvgIpc) is 3.81. The molecule has 5 rings (SSSR count). The van der Waals surface area contributed by atoms with Crippen LogP contribution in [0.5, 0.6) is 0 Å². The number of fused-ring (bicyclic) bond motifs is 1. The molecule has 0 saturated carbocycles. The number of aliphatic hydroxyl groups is 1. The summed E-state index contributed by atoms with van der Waals surface area (Å²) >= 11 is 1.56. The van der Waals surface area contributed by atoms with Crippen molar-refractivity contribution in [3.05, 3.63) is 48.3 Å². The molecule has 1 N–H and O–H groups in total. The zero-order valence-electron chi connectivity index (χ0n) is 37.0. The number of aromatic nitrogens is 2. The number of nitrogens with zero attached hydrogens (tertiary/aromatic N) is 5. The number of ether oxygens (including phenoxy) is 5. The summed E-state index contributed by atoms with van der Waals surface area (Å²) < 4.78 is 31.3. The maximum Gasteiger partial charge on any atom is 0.411 e. The number of likely N-dealkylation sites (N-methyl/N-ethyl adjacent to an activating group) is 2. The number of aliphatic hydroxyl groups excluding tert-OH is 1. The second kappa shape index (κ2) is 19.6. The predicted molar refractivity (Wildman–Crippen MR) is 226 cm³/mol. The molecule has 5 heterocycles. The molecule has 332 valence electrons. The van der Waals surface area contributed by atoms with Crippen LogP contribution in [0.3, 0.4) is 0 Å². The van der Waals surface area contributed by atoms with Crippen LogP contribution in [0.25, 0.3) is 10.6 Å². The first-order valence-electron chi connectivity index (χ1n) is 21.0. The van der Waals surface area contributed by atoms with Gasteiger partial charge in [-0.15, -0.1) is 11.3 Å². The van der Waals surface area contributed by atoms with E-state index in [4.69, 9.17) is 23.7 Å². The number of amides is 1. The van der Waals surface area contributed by atoms with E-state index in [1.54, 1.807) is 63.2 Å². The van der Waals surface area contributed by atoms with E-state index in [9.17, 15) is 24.3 Å². The highest BCUT2D eigenvalue weighted by molar-refractivity contribution is 7.15. The third-order valence-electron chi connectivity index (χ3n) is 12.8. The Morgan fingerprint density at radius 3 is 2.42 bits per heavy atom. The highest BCUT2D eigenvalue weighted by atomic mass is 32.1. The van der Waals surface area contributed by atoms with Crippen molar-refractivity contribution in [2.45, 2.75) is 128 Å². The molecule has 3 aliphatic rings. The summed E-state index contributed by atoms with van der Waals surface area (Å²) in [6, 6.07) is 2.61. The van der Waals surface area contributed by atoms with Crippen LogP contribution in [0.15, 0.2) is 43.4 Å². The summed E-state index contributed by atoms with van der Waals surface area (Å²) in [6.07, 6.45) is 2.36. The number of esters is 1. The summed E-state index contributed by atoms with van der Waals surface area (Å²) in [5.74, 6) is -5.26. The van der Waals surface area contributed by atoms with Crippen LogP contribution in [0.2, 0.25) is 0 Å². The van der Waals surface area contributed by atoms with Gasteiger partial charge in [-0.25, -0.2) is 9.78 Å². The highest BCUT2D eigenvalue weighted by Crippen LogP contribution is 2.44. The summed E-state index contributed by atoms with van der Waals surface area (Å²) in [7, 11) is 7.16.